The van der Waals surface area contributed by atoms with Crippen molar-refractivity contribution >= 4 is 12.0 Å². The first-order chi connectivity index (χ1) is 13.6. The van der Waals surface area contributed by atoms with E-state index in [1.54, 1.807) is 12.2 Å². The Morgan fingerprint density at radius 2 is 1.68 bits per heavy atom. The lowest BCUT2D eigenvalue weighted by atomic mass is 9.48. The van der Waals surface area contributed by atoms with Crippen LogP contribution in [0.5, 0.6) is 0 Å². The van der Waals surface area contributed by atoms with Gasteiger partial charge in [-0.05, 0) is 86.8 Å². The summed E-state index contributed by atoms with van der Waals surface area (Å²) in [6.07, 6.45) is 11.6. The van der Waals surface area contributed by atoms with E-state index in [4.69, 9.17) is 4.42 Å². The van der Waals surface area contributed by atoms with E-state index in [2.05, 4.69) is 12.2 Å². The molecule has 0 aliphatic heterocycles. The maximum atomic E-state index is 12.6. The largest absolute Gasteiger partial charge is 0.457 e. The lowest BCUT2D eigenvalue weighted by Crippen LogP contribution is -2.55. The van der Waals surface area contributed by atoms with Crippen molar-refractivity contribution < 1.29 is 9.21 Å². The summed E-state index contributed by atoms with van der Waals surface area (Å²) >= 11 is 0. The van der Waals surface area contributed by atoms with E-state index in [9.17, 15) is 4.79 Å². The predicted molar refractivity (Wildman–Crippen MR) is 111 cm³/mol. The number of carbonyl (C=O) groups is 1. The normalized spacial score (nSPS) is 32.0. The zero-order valence-corrected chi connectivity index (χ0v) is 16.6. The van der Waals surface area contributed by atoms with Crippen LogP contribution in [0.4, 0.5) is 0 Å². The van der Waals surface area contributed by atoms with Gasteiger partial charge in [0.2, 0.25) is 5.91 Å². The third kappa shape index (κ3) is 3.32. The van der Waals surface area contributed by atoms with Gasteiger partial charge in [-0.25, -0.2) is 0 Å². The Balaban J connectivity index is 1.22. The molecule has 0 radical (unpaired) electrons. The molecule has 4 aliphatic rings. The molecule has 1 atom stereocenters. The Bertz CT molecular complexity index is 844. The molecular formula is C25H29NO2. The molecule has 4 aliphatic carbocycles. The van der Waals surface area contributed by atoms with Crippen molar-refractivity contribution in [1.29, 1.82) is 0 Å². The minimum Gasteiger partial charge on any atom is -0.457 e. The number of carbonyl (C=O) groups excluding carboxylic acids is 1. The molecule has 4 bridgehead atoms. The van der Waals surface area contributed by atoms with Gasteiger partial charge in [0.15, 0.2) is 0 Å². The number of benzene rings is 1. The number of amides is 1. The van der Waals surface area contributed by atoms with Gasteiger partial charge < -0.3 is 9.73 Å². The van der Waals surface area contributed by atoms with Crippen molar-refractivity contribution in [2.45, 2.75) is 51.5 Å². The Hall–Kier alpha value is -2.29. The van der Waals surface area contributed by atoms with Gasteiger partial charge in [-0.15, -0.1) is 0 Å². The van der Waals surface area contributed by atoms with Crippen LogP contribution in [-0.4, -0.2) is 11.9 Å². The van der Waals surface area contributed by atoms with Gasteiger partial charge in [-0.2, -0.15) is 0 Å². The van der Waals surface area contributed by atoms with E-state index < -0.39 is 0 Å². The molecule has 6 rings (SSSR count). The molecule has 2 aromatic rings. The molecule has 1 aromatic heterocycles. The third-order valence-electron chi connectivity index (χ3n) is 7.45. The number of nitrogens with one attached hydrogen (secondary N) is 1. The van der Waals surface area contributed by atoms with Gasteiger partial charge in [-0.3, -0.25) is 4.79 Å². The number of furan rings is 1. The molecule has 3 nitrogen and oxygen atoms in total. The summed E-state index contributed by atoms with van der Waals surface area (Å²) in [4.78, 5) is 12.6. The standard InChI is InChI=1S/C25H29NO2/c1-17(25-14-18-11-19(15-25)13-20(12-18)16-25)26-24(27)10-8-22-7-9-23(28-22)21-5-3-2-4-6-21/h2-10,17-20H,11-16H2,1H3,(H,26,27)/b10-8+/t17-,18?,19?,20?,25?/m0/s1. The van der Waals surface area contributed by atoms with Crippen molar-refractivity contribution in [2.75, 3.05) is 0 Å². The van der Waals surface area contributed by atoms with Crippen LogP contribution in [0.3, 0.4) is 0 Å². The SMILES string of the molecule is C[C@H](NC(=O)/C=C/c1ccc(-c2ccccc2)o1)C12CC3CC(CC(C3)C1)C2. The van der Waals surface area contributed by atoms with Crippen LogP contribution in [0.25, 0.3) is 17.4 Å². The van der Waals surface area contributed by atoms with Crippen LogP contribution < -0.4 is 5.32 Å². The van der Waals surface area contributed by atoms with Crippen LogP contribution in [0.2, 0.25) is 0 Å². The van der Waals surface area contributed by atoms with E-state index in [0.717, 1.165) is 29.1 Å². The average Bonchev–Trinajstić information content (AvgIpc) is 3.15. The van der Waals surface area contributed by atoms with E-state index in [-0.39, 0.29) is 11.9 Å². The summed E-state index contributed by atoms with van der Waals surface area (Å²) < 4.78 is 5.86. The van der Waals surface area contributed by atoms with Crippen LogP contribution in [0, 0.1) is 23.2 Å². The minimum absolute atomic E-state index is 0.0130. The highest BCUT2D eigenvalue weighted by Gasteiger charge is 2.53. The van der Waals surface area contributed by atoms with Crippen molar-refractivity contribution in [3.05, 3.63) is 54.3 Å². The third-order valence-corrected chi connectivity index (χ3v) is 7.45. The number of hydrogen-bond donors (Lipinski definition) is 1. The number of rotatable bonds is 5. The second kappa shape index (κ2) is 6.95. The molecule has 0 spiro atoms. The lowest BCUT2D eigenvalue weighted by molar-refractivity contribution is -0.121. The maximum absolute atomic E-state index is 12.6. The molecule has 1 heterocycles. The molecule has 0 saturated heterocycles. The first-order valence-electron chi connectivity index (χ1n) is 10.7. The predicted octanol–water partition coefficient (Wildman–Crippen LogP) is 5.68. The summed E-state index contributed by atoms with van der Waals surface area (Å²) in [6.45, 7) is 2.22. The van der Waals surface area contributed by atoms with Gasteiger partial charge in [0.1, 0.15) is 11.5 Å². The highest BCUT2D eigenvalue weighted by atomic mass is 16.3. The summed E-state index contributed by atoms with van der Waals surface area (Å²) in [5.41, 5.74) is 1.38. The Morgan fingerprint density at radius 3 is 2.32 bits per heavy atom. The summed E-state index contributed by atoms with van der Waals surface area (Å²) in [5, 5.41) is 3.28. The van der Waals surface area contributed by atoms with Crippen LogP contribution in [-0.2, 0) is 4.79 Å². The monoisotopic (exact) mass is 375 g/mol. The smallest absolute Gasteiger partial charge is 0.244 e. The van der Waals surface area contributed by atoms with Crippen molar-refractivity contribution in [2.24, 2.45) is 23.2 Å². The molecule has 1 amide bonds. The fourth-order valence-electron chi connectivity index (χ4n) is 6.48. The fourth-order valence-corrected chi connectivity index (χ4v) is 6.48. The van der Waals surface area contributed by atoms with Gasteiger partial charge in [0, 0.05) is 17.7 Å². The summed E-state index contributed by atoms with van der Waals surface area (Å²) in [5.74, 6) is 4.22. The quantitative estimate of drug-likeness (QED) is 0.683. The second-order valence-corrected chi connectivity index (χ2v) is 9.41. The average molecular weight is 376 g/mol. The topological polar surface area (TPSA) is 42.2 Å². The fraction of sp³-hybridized carbons (Fsp3) is 0.480. The van der Waals surface area contributed by atoms with E-state index in [1.807, 2.05) is 42.5 Å². The van der Waals surface area contributed by atoms with Crippen molar-refractivity contribution in [3.63, 3.8) is 0 Å². The zero-order valence-electron chi connectivity index (χ0n) is 16.6. The first kappa shape index (κ1) is 17.8. The highest BCUT2D eigenvalue weighted by molar-refractivity contribution is 5.91. The Labute approximate surface area is 167 Å². The molecule has 3 heteroatoms. The lowest BCUT2D eigenvalue weighted by Gasteiger charge is -2.59. The molecule has 4 saturated carbocycles. The summed E-state index contributed by atoms with van der Waals surface area (Å²) in [6, 6.07) is 14.1. The molecule has 1 N–H and O–H groups in total. The van der Waals surface area contributed by atoms with Gasteiger partial charge >= 0.3 is 0 Å². The Kier molecular flexibility index (Phi) is 4.41. The van der Waals surface area contributed by atoms with Crippen LogP contribution in [0.1, 0.15) is 51.2 Å². The van der Waals surface area contributed by atoms with E-state index >= 15 is 0 Å². The molecule has 0 unspecified atom stereocenters. The van der Waals surface area contributed by atoms with Gasteiger partial charge in [-0.1, -0.05) is 30.3 Å². The van der Waals surface area contributed by atoms with Gasteiger partial charge in [0.05, 0.1) is 0 Å². The second-order valence-electron chi connectivity index (χ2n) is 9.41. The summed E-state index contributed by atoms with van der Waals surface area (Å²) in [7, 11) is 0. The molecular weight excluding hydrogens is 346 g/mol. The highest BCUT2D eigenvalue weighted by Crippen LogP contribution is 2.61. The van der Waals surface area contributed by atoms with E-state index in [0.29, 0.717) is 11.2 Å². The van der Waals surface area contributed by atoms with E-state index in [1.165, 1.54) is 38.5 Å². The van der Waals surface area contributed by atoms with Crippen molar-refractivity contribution in [3.8, 4) is 11.3 Å². The van der Waals surface area contributed by atoms with Crippen molar-refractivity contribution in [1.82, 2.24) is 5.32 Å². The van der Waals surface area contributed by atoms with Crippen LogP contribution >= 0.6 is 0 Å². The maximum Gasteiger partial charge on any atom is 0.244 e. The molecule has 146 valence electrons. The number of hydrogen-bond acceptors (Lipinski definition) is 2. The van der Waals surface area contributed by atoms with Crippen LogP contribution in [0.15, 0.2) is 53.0 Å². The zero-order chi connectivity index (χ0) is 19.1. The molecule has 4 fully saturated rings. The molecule has 28 heavy (non-hydrogen) atoms. The van der Waals surface area contributed by atoms with Gasteiger partial charge in [0.25, 0.3) is 0 Å². The molecule has 1 aromatic carbocycles. The minimum atomic E-state index is -0.0130. The first-order valence-corrected chi connectivity index (χ1v) is 10.7. The Morgan fingerprint density at radius 1 is 1.04 bits per heavy atom.